The maximum atomic E-state index is 13.6. The van der Waals surface area contributed by atoms with Gasteiger partial charge in [0, 0.05) is 9.79 Å². The fourth-order valence-electron chi connectivity index (χ4n) is 1.36. The maximum Gasteiger partial charge on any atom is 0.335 e. The van der Waals surface area contributed by atoms with Crippen molar-refractivity contribution in [2.24, 2.45) is 0 Å². The Kier molecular flexibility index (Phi) is 3.62. The summed E-state index contributed by atoms with van der Waals surface area (Å²) in [5.74, 6) is -2.32. The monoisotopic (exact) mass is 266 g/mol. The van der Waals surface area contributed by atoms with E-state index >= 15 is 0 Å². The van der Waals surface area contributed by atoms with E-state index in [1.54, 1.807) is 12.1 Å². The van der Waals surface area contributed by atoms with Crippen LogP contribution in [0.2, 0.25) is 0 Å². The number of hydrogen-bond acceptors (Lipinski definition) is 2. The lowest BCUT2D eigenvalue weighted by molar-refractivity contribution is 0.0696. The largest absolute Gasteiger partial charge is 0.478 e. The van der Waals surface area contributed by atoms with Gasteiger partial charge in [0.25, 0.3) is 0 Å². The Labute approximate surface area is 106 Å². The van der Waals surface area contributed by atoms with Crippen LogP contribution >= 0.6 is 11.8 Å². The van der Waals surface area contributed by atoms with E-state index in [1.807, 2.05) is 0 Å². The summed E-state index contributed by atoms with van der Waals surface area (Å²) < 4.78 is 27.0. The molecule has 0 radical (unpaired) electrons. The summed E-state index contributed by atoms with van der Waals surface area (Å²) in [7, 11) is 0. The van der Waals surface area contributed by atoms with E-state index in [4.69, 9.17) is 5.11 Å². The third-order valence-corrected chi connectivity index (χ3v) is 3.34. The Balaban J connectivity index is 2.30. The van der Waals surface area contributed by atoms with Crippen molar-refractivity contribution in [2.75, 3.05) is 0 Å². The van der Waals surface area contributed by atoms with Crippen LogP contribution < -0.4 is 0 Å². The molecule has 0 atom stereocenters. The van der Waals surface area contributed by atoms with E-state index in [2.05, 4.69) is 0 Å². The van der Waals surface area contributed by atoms with Crippen molar-refractivity contribution in [1.82, 2.24) is 0 Å². The second-order valence-electron chi connectivity index (χ2n) is 3.48. The molecule has 0 unspecified atom stereocenters. The highest BCUT2D eigenvalue weighted by atomic mass is 32.2. The van der Waals surface area contributed by atoms with Crippen molar-refractivity contribution in [3.8, 4) is 0 Å². The van der Waals surface area contributed by atoms with E-state index in [0.717, 1.165) is 17.8 Å². The van der Waals surface area contributed by atoms with Gasteiger partial charge in [0.2, 0.25) is 0 Å². The summed E-state index contributed by atoms with van der Waals surface area (Å²) in [5.41, 5.74) is -0.134. The first kappa shape index (κ1) is 12.6. The molecular formula is C13H8F2O2S. The molecule has 0 bridgehead atoms. The van der Waals surface area contributed by atoms with Gasteiger partial charge in [-0.05, 0) is 30.3 Å². The van der Waals surface area contributed by atoms with Crippen LogP contribution in [0.15, 0.2) is 52.3 Å². The van der Waals surface area contributed by atoms with Crippen LogP contribution in [0.1, 0.15) is 10.4 Å². The van der Waals surface area contributed by atoms with Gasteiger partial charge in [-0.1, -0.05) is 23.9 Å². The van der Waals surface area contributed by atoms with E-state index in [-0.39, 0.29) is 10.5 Å². The topological polar surface area (TPSA) is 37.3 Å². The smallest absolute Gasteiger partial charge is 0.335 e. The number of halogens is 2. The minimum absolute atomic E-state index is 0.134. The zero-order valence-corrected chi connectivity index (χ0v) is 9.88. The molecule has 1 N–H and O–H groups in total. The first-order valence-corrected chi connectivity index (χ1v) is 5.85. The predicted octanol–water partition coefficient (Wildman–Crippen LogP) is 3.81. The van der Waals surface area contributed by atoms with E-state index < -0.39 is 17.6 Å². The van der Waals surface area contributed by atoms with Crippen molar-refractivity contribution >= 4 is 17.7 Å². The highest BCUT2D eigenvalue weighted by Gasteiger charge is 2.11. The van der Waals surface area contributed by atoms with E-state index in [1.165, 1.54) is 24.3 Å². The van der Waals surface area contributed by atoms with Gasteiger partial charge >= 0.3 is 5.97 Å². The Morgan fingerprint density at radius 1 is 1.00 bits per heavy atom. The molecule has 2 aromatic carbocycles. The fourth-order valence-corrected chi connectivity index (χ4v) is 2.20. The third-order valence-electron chi connectivity index (χ3n) is 2.24. The molecule has 92 valence electrons. The minimum atomic E-state index is -1.20. The van der Waals surface area contributed by atoms with Gasteiger partial charge in [-0.3, -0.25) is 0 Å². The van der Waals surface area contributed by atoms with Crippen molar-refractivity contribution in [1.29, 1.82) is 0 Å². The van der Waals surface area contributed by atoms with E-state index in [0.29, 0.717) is 4.90 Å². The molecule has 0 spiro atoms. The second-order valence-corrected chi connectivity index (χ2v) is 4.57. The summed E-state index contributed by atoms with van der Waals surface area (Å²) in [6.45, 7) is 0. The Hall–Kier alpha value is -1.88. The first-order valence-electron chi connectivity index (χ1n) is 5.03. The van der Waals surface area contributed by atoms with Crippen LogP contribution in [0.25, 0.3) is 0 Å². The zero-order valence-electron chi connectivity index (χ0n) is 9.06. The average molecular weight is 266 g/mol. The molecule has 5 heteroatoms. The highest BCUT2D eigenvalue weighted by Crippen LogP contribution is 2.31. The molecule has 0 aliphatic heterocycles. The summed E-state index contributed by atoms with van der Waals surface area (Å²) in [6, 6.07) is 9.55. The molecule has 2 rings (SSSR count). The van der Waals surface area contributed by atoms with Gasteiger partial charge in [0.1, 0.15) is 11.6 Å². The van der Waals surface area contributed by atoms with Crippen molar-refractivity contribution < 1.29 is 18.7 Å². The van der Waals surface area contributed by atoms with Gasteiger partial charge in [0.05, 0.1) is 5.56 Å². The molecule has 0 saturated heterocycles. The Bertz CT molecular complexity index is 599. The number of rotatable bonds is 3. The lowest BCUT2D eigenvalue weighted by Crippen LogP contribution is -1.97. The third kappa shape index (κ3) is 2.68. The lowest BCUT2D eigenvalue weighted by Gasteiger charge is -2.05. The summed E-state index contributed by atoms with van der Waals surface area (Å²) in [5, 5.41) is 8.70. The Morgan fingerprint density at radius 3 is 2.28 bits per heavy atom. The van der Waals surface area contributed by atoms with Crippen LogP contribution in [-0.2, 0) is 0 Å². The SMILES string of the molecule is O=C(O)c1ccc(Sc2ccccc2F)c(F)c1. The van der Waals surface area contributed by atoms with Gasteiger partial charge in [0.15, 0.2) is 0 Å². The molecule has 18 heavy (non-hydrogen) atoms. The number of aromatic carboxylic acids is 1. The van der Waals surface area contributed by atoms with Gasteiger partial charge < -0.3 is 5.11 Å². The molecule has 0 aliphatic carbocycles. The summed E-state index contributed by atoms with van der Waals surface area (Å²) in [6.07, 6.45) is 0. The van der Waals surface area contributed by atoms with Crippen molar-refractivity contribution in [3.63, 3.8) is 0 Å². The molecule has 0 heterocycles. The van der Waals surface area contributed by atoms with Gasteiger partial charge in [-0.2, -0.15) is 0 Å². The molecule has 0 fully saturated rings. The summed E-state index contributed by atoms with van der Waals surface area (Å²) in [4.78, 5) is 11.1. The van der Waals surface area contributed by atoms with Crippen LogP contribution in [0.3, 0.4) is 0 Å². The summed E-state index contributed by atoms with van der Waals surface area (Å²) >= 11 is 0.918. The number of benzene rings is 2. The van der Waals surface area contributed by atoms with Crippen LogP contribution in [0.5, 0.6) is 0 Å². The normalized spacial score (nSPS) is 10.3. The molecule has 0 aromatic heterocycles. The molecule has 0 amide bonds. The van der Waals surface area contributed by atoms with E-state index in [9.17, 15) is 13.6 Å². The van der Waals surface area contributed by atoms with Crippen molar-refractivity contribution in [3.05, 3.63) is 59.7 Å². The predicted molar refractivity (Wildman–Crippen MR) is 63.9 cm³/mol. The first-order chi connectivity index (χ1) is 8.58. The second kappa shape index (κ2) is 5.18. The number of hydrogen-bond donors (Lipinski definition) is 1. The fraction of sp³-hybridized carbons (Fsp3) is 0. The maximum absolute atomic E-state index is 13.6. The van der Waals surface area contributed by atoms with Crippen LogP contribution in [-0.4, -0.2) is 11.1 Å². The van der Waals surface area contributed by atoms with Crippen LogP contribution in [0.4, 0.5) is 8.78 Å². The Morgan fingerprint density at radius 2 is 1.67 bits per heavy atom. The van der Waals surface area contributed by atoms with Gasteiger partial charge in [-0.15, -0.1) is 0 Å². The molecule has 0 aliphatic rings. The number of carbonyl (C=O) groups is 1. The molecule has 2 aromatic rings. The minimum Gasteiger partial charge on any atom is -0.478 e. The highest BCUT2D eigenvalue weighted by molar-refractivity contribution is 7.99. The van der Waals surface area contributed by atoms with Crippen molar-refractivity contribution in [2.45, 2.75) is 9.79 Å². The average Bonchev–Trinajstić information content (AvgIpc) is 2.34. The molecular weight excluding hydrogens is 258 g/mol. The lowest BCUT2D eigenvalue weighted by atomic mass is 10.2. The van der Waals surface area contributed by atoms with Gasteiger partial charge in [-0.25, -0.2) is 13.6 Å². The van der Waals surface area contributed by atoms with Crippen LogP contribution in [0, 0.1) is 11.6 Å². The quantitative estimate of drug-likeness (QED) is 0.917. The number of carboxylic acid groups (broad SMARTS) is 1. The zero-order chi connectivity index (χ0) is 13.1. The standard InChI is InChI=1S/C13H8F2O2S/c14-9-3-1-2-4-11(9)18-12-6-5-8(13(16)17)7-10(12)15/h1-7H,(H,16,17). The molecule has 2 nitrogen and oxygen atoms in total. The number of carboxylic acids is 1. The molecule has 0 saturated carbocycles.